The highest BCUT2D eigenvalue weighted by Gasteiger charge is 2.24. The summed E-state index contributed by atoms with van der Waals surface area (Å²) in [5, 5.41) is 0. The fourth-order valence-electron chi connectivity index (χ4n) is 2.40. The first-order chi connectivity index (χ1) is 10.8. The van der Waals surface area contributed by atoms with Gasteiger partial charge in [-0.05, 0) is 37.6 Å². The molecule has 0 radical (unpaired) electrons. The molecule has 23 heavy (non-hydrogen) atoms. The number of fused-ring (bicyclic) bond motifs is 2. The van der Waals surface area contributed by atoms with Gasteiger partial charge in [-0.25, -0.2) is 4.21 Å². The molecule has 0 bridgehead atoms. The van der Waals surface area contributed by atoms with Gasteiger partial charge in [0.2, 0.25) is 0 Å². The third-order valence-electron chi connectivity index (χ3n) is 3.54. The molecule has 0 spiro atoms. The Kier molecular flexibility index (Phi) is 6.19. The van der Waals surface area contributed by atoms with Gasteiger partial charge in [-0.3, -0.25) is 0 Å². The summed E-state index contributed by atoms with van der Waals surface area (Å²) in [4.78, 5) is 1.42. The summed E-state index contributed by atoms with van der Waals surface area (Å²) in [6.45, 7) is 1.64. The number of benzene rings is 2. The number of nitrogens with two attached hydrogens (primary N) is 1. The quantitative estimate of drug-likeness (QED) is 0.851. The van der Waals surface area contributed by atoms with Gasteiger partial charge in [0.05, 0.1) is 22.3 Å². The lowest BCUT2D eigenvalue weighted by Gasteiger charge is -2.13. The van der Waals surface area contributed by atoms with Crippen LogP contribution >= 0.6 is 0 Å². The topological polar surface area (TPSA) is 61.5 Å². The summed E-state index contributed by atoms with van der Waals surface area (Å²) in [6, 6.07) is 13.2. The maximum Gasteiger partial charge on any atom is 0.140 e. The number of hydrogen-bond acceptors (Lipinski definition) is 4. The Labute approximate surface area is 140 Å². The normalized spacial score (nSPS) is 15.4. The minimum absolute atomic E-state index is 0. The number of ether oxygens (including phenoxy) is 2. The molecule has 0 saturated carbocycles. The van der Waals surface area contributed by atoms with Crippen LogP contribution in [0.25, 0.3) is 0 Å². The van der Waals surface area contributed by atoms with E-state index >= 15 is 0 Å². The standard InChI is InChI=1S/C17H19NO3S.CH4/c18-10-3-4-11-20-14-7-5-8-15-17(14)22(19)16-9-2-1-6-13(16)12-21-15;/h1-2,5-9H,3-4,10-12,18H2;1H4. The van der Waals surface area contributed by atoms with Crippen LogP contribution < -0.4 is 15.2 Å². The van der Waals surface area contributed by atoms with E-state index in [1.807, 2.05) is 42.5 Å². The third kappa shape index (κ3) is 3.74. The van der Waals surface area contributed by atoms with Crippen molar-refractivity contribution in [1.29, 1.82) is 0 Å². The largest absolute Gasteiger partial charge is 0.492 e. The van der Waals surface area contributed by atoms with Crippen LogP contribution in [0.3, 0.4) is 0 Å². The number of hydrogen-bond donors (Lipinski definition) is 1. The molecule has 0 fully saturated rings. The zero-order chi connectivity index (χ0) is 15.4. The van der Waals surface area contributed by atoms with Crippen molar-refractivity contribution in [3.63, 3.8) is 0 Å². The number of rotatable bonds is 5. The zero-order valence-corrected chi connectivity index (χ0v) is 13.1. The molecule has 0 aromatic heterocycles. The van der Waals surface area contributed by atoms with E-state index in [9.17, 15) is 4.21 Å². The van der Waals surface area contributed by atoms with Gasteiger partial charge in [0.1, 0.15) is 23.0 Å². The average Bonchev–Trinajstić information content (AvgIpc) is 2.70. The summed E-state index contributed by atoms with van der Waals surface area (Å²) >= 11 is 0. The van der Waals surface area contributed by atoms with Gasteiger partial charge < -0.3 is 15.2 Å². The van der Waals surface area contributed by atoms with E-state index in [0.29, 0.717) is 36.2 Å². The van der Waals surface area contributed by atoms with Crippen LogP contribution in [0, 0.1) is 0 Å². The van der Waals surface area contributed by atoms with Crippen LogP contribution in [0.5, 0.6) is 11.5 Å². The Balaban J connectivity index is 0.00000192. The van der Waals surface area contributed by atoms with Gasteiger partial charge in [-0.2, -0.15) is 0 Å². The molecule has 4 nitrogen and oxygen atoms in total. The fourth-order valence-corrected chi connectivity index (χ4v) is 3.81. The molecule has 2 aromatic carbocycles. The van der Waals surface area contributed by atoms with Crippen LogP contribution in [0.1, 0.15) is 25.8 Å². The van der Waals surface area contributed by atoms with Gasteiger partial charge in [-0.15, -0.1) is 0 Å². The highest BCUT2D eigenvalue weighted by molar-refractivity contribution is 7.85. The van der Waals surface area contributed by atoms with E-state index < -0.39 is 10.8 Å². The highest BCUT2D eigenvalue weighted by Crippen LogP contribution is 2.38. The highest BCUT2D eigenvalue weighted by atomic mass is 32.2. The summed E-state index contributed by atoms with van der Waals surface area (Å²) in [7, 11) is -1.30. The third-order valence-corrected chi connectivity index (χ3v) is 5.11. The molecule has 0 saturated heterocycles. The Morgan fingerprint density at radius 3 is 2.78 bits per heavy atom. The second-order valence-corrected chi connectivity index (χ2v) is 6.48. The molecule has 3 rings (SSSR count). The summed E-state index contributed by atoms with van der Waals surface area (Å²) in [6.07, 6.45) is 1.79. The molecule has 124 valence electrons. The van der Waals surface area contributed by atoms with E-state index in [0.717, 1.165) is 23.3 Å². The summed E-state index contributed by atoms with van der Waals surface area (Å²) in [5.74, 6) is 1.26. The smallest absolute Gasteiger partial charge is 0.140 e. The summed E-state index contributed by atoms with van der Waals surface area (Å²) in [5.41, 5.74) is 6.44. The van der Waals surface area contributed by atoms with Gasteiger partial charge in [0.15, 0.2) is 0 Å². The van der Waals surface area contributed by atoms with Gasteiger partial charge in [-0.1, -0.05) is 31.7 Å². The van der Waals surface area contributed by atoms with Crippen molar-refractivity contribution in [2.45, 2.75) is 36.7 Å². The van der Waals surface area contributed by atoms with Crippen molar-refractivity contribution in [3.8, 4) is 11.5 Å². The predicted molar refractivity (Wildman–Crippen MR) is 92.4 cm³/mol. The fraction of sp³-hybridized carbons (Fsp3) is 0.333. The monoisotopic (exact) mass is 333 g/mol. The first kappa shape index (κ1) is 17.5. The molecular formula is C18H23NO3S. The van der Waals surface area contributed by atoms with Crippen LogP contribution in [-0.4, -0.2) is 17.4 Å². The second-order valence-electron chi connectivity index (χ2n) is 5.09. The minimum atomic E-state index is -1.30. The molecule has 1 atom stereocenters. The number of unbranched alkanes of at least 4 members (excludes halogenated alkanes) is 1. The van der Waals surface area contributed by atoms with Gasteiger partial charge in [0.25, 0.3) is 0 Å². The Morgan fingerprint density at radius 2 is 1.96 bits per heavy atom. The molecule has 2 N–H and O–H groups in total. The molecule has 1 aliphatic rings. The Bertz CT molecular complexity index is 688. The van der Waals surface area contributed by atoms with Gasteiger partial charge >= 0.3 is 0 Å². The molecule has 2 aromatic rings. The maximum absolute atomic E-state index is 13.0. The van der Waals surface area contributed by atoms with E-state index in [2.05, 4.69) is 0 Å². The lowest BCUT2D eigenvalue weighted by molar-refractivity contribution is 0.278. The summed E-state index contributed by atoms with van der Waals surface area (Å²) < 4.78 is 24.6. The minimum Gasteiger partial charge on any atom is -0.492 e. The van der Waals surface area contributed by atoms with Crippen molar-refractivity contribution in [1.82, 2.24) is 0 Å². The van der Waals surface area contributed by atoms with Gasteiger partial charge in [0, 0.05) is 5.56 Å². The lowest BCUT2D eigenvalue weighted by atomic mass is 10.2. The molecule has 5 heteroatoms. The Hall–Kier alpha value is -1.85. The van der Waals surface area contributed by atoms with E-state index in [4.69, 9.17) is 15.2 Å². The molecule has 1 heterocycles. The molecule has 1 unspecified atom stereocenters. The van der Waals surface area contributed by atoms with Crippen LogP contribution in [0.4, 0.5) is 0 Å². The van der Waals surface area contributed by atoms with Crippen molar-refractivity contribution >= 4 is 10.8 Å². The van der Waals surface area contributed by atoms with E-state index in [-0.39, 0.29) is 7.43 Å². The SMILES string of the molecule is C.NCCCCOc1cccc2c1S(=O)c1ccccc1CO2. The van der Waals surface area contributed by atoms with Crippen molar-refractivity contribution in [2.24, 2.45) is 5.73 Å². The molecule has 0 amide bonds. The zero-order valence-electron chi connectivity index (χ0n) is 12.3. The molecular weight excluding hydrogens is 310 g/mol. The van der Waals surface area contributed by atoms with Crippen LogP contribution in [0.2, 0.25) is 0 Å². The maximum atomic E-state index is 13.0. The second kappa shape index (κ2) is 8.13. The van der Waals surface area contributed by atoms with Crippen LogP contribution in [0.15, 0.2) is 52.3 Å². The van der Waals surface area contributed by atoms with Crippen molar-refractivity contribution in [3.05, 3.63) is 48.0 Å². The first-order valence-corrected chi connectivity index (χ1v) is 8.54. The average molecular weight is 333 g/mol. The molecule has 0 aliphatic carbocycles. The molecule has 1 aliphatic heterocycles. The van der Waals surface area contributed by atoms with E-state index in [1.54, 1.807) is 0 Å². The van der Waals surface area contributed by atoms with E-state index in [1.165, 1.54) is 0 Å². The van der Waals surface area contributed by atoms with Crippen molar-refractivity contribution in [2.75, 3.05) is 13.2 Å². The Morgan fingerprint density at radius 1 is 1.13 bits per heavy atom. The van der Waals surface area contributed by atoms with Crippen LogP contribution in [-0.2, 0) is 17.4 Å². The van der Waals surface area contributed by atoms with Crippen molar-refractivity contribution < 1.29 is 13.7 Å². The predicted octanol–water partition coefficient (Wildman–Crippen LogP) is 3.50. The lowest BCUT2D eigenvalue weighted by Crippen LogP contribution is -2.05. The first-order valence-electron chi connectivity index (χ1n) is 7.39.